The Morgan fingerprint density at radius 3 is 2.39 bits per heavy atom. The van der Waals surface area contributed by atoms with Gasteiger partial charge in [-0.2, -0.15) is 0 Å². The second kappa shape index (κ2) is 16.3. The lowest BCUT2D eigenvalue weighted by molar-refractivity contribution is -0.156. The Kier molecular flexibility index (Phi) is 13.0. The number of alkyl halides is 1. The van der Waals surface area contributed by atoms with Gasteiger partial charge in [0.25, 0.3) is 0 Å². The lowest BCUT2D eigenvalue weighted by Gasteiger charge is -2.46. The van der Waals surface area contributed by atoms with Crippen LogP contribution in [0.15, 0.2) is 55.6 Å². The number of nitrogens with zero attached hydrogens (tertiary/aromatic N) is 2. The number of allylic oxidation sites excluding steroid dienone is 1. The molecule has 1 aromatic carbocycles. The molecule has 1 unspecified atom stereocenters. The van der Waals surface area contributed by atoms with E-state index in [-0.39, 0.29) is 54.2 Å². The molecule has 3 aliphatic heterocycles. The predicted molar refractivity (Wildman–Crippen MR) is 201 cm³/mol. The van der Waals surface area contributed by atoms with Crippen LogP contribution in [-0.2, 0) is 28.7 Å². The molecule has 1 spiro atoms. The molecular weight excluding hydrogens is 714 g/mol. The van der Waals surface area contributed by atoms with E-state index in [2.05, 4.69) is 55.2 Å². The Morgan fingerprint density at radius 2 is 1.82 bits per heavy atom. The van der Waals surface area contributed by atoms with Crippen molar-refractivity contribution in [3.63, 3.8) is 0 Å². The molecule has 10 nitrogen and oxygen atoms in total. The lowest BCUT2D eigenvalue weighted by Crippen LogP contribution is -2.62. The zero-order chi connectivity index (χ0) is 37.9. The molecule has 0 aliphatic carbocycles. The van der Waals surface area contributed by atoms with Crippen molar-refractivity contribution < 1.29 is 33.8 Å². The number of carbonyl (C=O) groups excluding carboxylic acids is 4. The minimum absolute atomic E-state index is 0.0982. The molecule has 0 saturated carbocycles. The SMILES string of the molecule is C=CCCC(=O)OC[C@H](NC(=O)[C@@H]1[C@H]2O[C@@]3(CC2Br)[C@H](C(=O)N(CC=C)C(C)(C)CC(C)(C)C)N([C@@H](CO)CC(C)C)C(=O)[C@@H]13)c1ccccc1. The topological polar surface area (TPSA) is 125 Å². The molecule has 0 aromatic heterocycles. The minimum Gasteiger partial charge on any atom is -0.463 e. The number of rotatable bonds is 17. The highest BCUT2D eigenvalue weighted by molar-refractivity contribution is 9.09. The van der Waals surface area contributed by atoms with Gasteiger partial charge in [0.1, 0.15) is 18.2 Å². The highest BCUT2D eigenvalue weighted by atomic mass is 79.9. The standard InChI is InChI=1S/C40H58BrN3O7/c1-10-12-18-30(46)50-23-29(26-16-14-13-15-17-26)42-35(47)31-32-36(48)44(27(22-45)20-25(3)4)34(40(32)21-28(41)33(31)51-40)37(49)43(19-11-2)39(8,9)24-38(5,6)7/h10-11,13-17,25,27-29,31-34,45H,1-2,12,18-24H2,3-9H3,(H,42,47)/t27-,28?,29+,31+,32-,33+,34+,40-/m1/s1. The second-order valence-electron chi connectivity index (χ2n) is 16.6. The highest BCUT2D eigenvalue weighted by Crippen LogP contribution is 2.61. The summed E-state index contributed by atoms with van der Waals surface area (Å²) in [4.78, 5) is 60.1. The molecule has 3 aliphatic rings. The lowest BCUT2D eigenvalue weighted by atomic mass is 9.70. The monoisotopic (exact) mass is 771 g/mol. The van der Waals surface area contributed by atoms with Gasteiger partial charge in [0.15, 0.2) is 0 Å². The van der Waals surface area contributed by atoms with E-state index in [1.54, 1.807) is 22.0 Å². The van der Waals surface area contributed by atoms with Gasteiger partial charge >= 0.3 is 5.97 Å². The van der Waals surface area contributed by atoms with Crippen LogP contribution in [-0.4, -0.2) is 92.5 Å². The van der Waals surface area contributed by atoms with Gasteiger partial charge in [-0.25, -0.2) is 0 Å². The number of fused-ring (bicyclic) bond motifs is 1. The number of ether oxygens (including phenoxy) is 2. The third-order valence-corrected chi connectivity index (χ3v) is 11.2. The number of aliphatic hydroxyl groups excluding tert-OH is 1. The van der Waals surface area contributed by atoms with Crippen molar-refractivity contribution in [2.24, 2.45) is 23.2 Å². The number of benzene rings is 1. The molecule has 0 radical (unpaired) electrons. The minimum atomic E-state index is -1.31. The zero-order valence-corrected chi connectivity index (χ0v) is 33.0. The largest absolute Gasteiger partial charge is 0.463 e. The van der Waals surface area contributed by atoms with Crippen molar-refractivity contribution in [1.29, 1.82) is 0 Å². The smallest absolute Gasteiger partial charge is 0.306 e. The molecule has 51 heavy (non-hydrogen) atoms. The summed E-state index contributed by atoms with van der Waals surface area (Å²) in [5.41, 5.74) is -1.30. The number of hydrogen-bond acceptors (Lipinski definition) is 7. The fraction of sp³-hybridized carbons (Fsp3) is 0.650. The van der Waals surface area contributed by atoms with Gasteiger partial charge in [0.05, 0.1) is 36.6 Å². The summed E-state index contributed by atoms with van der Waals surface area (Å²) in [7, 11) is 0. The summed E-state index contributed by atoms with van der Waals surface area (Å²) in [6.45, 7) is 21.9. The molecule has 1 aromatic rings. The number of likely N-dealkylation sites (tertiary alicyclic amines) is 1. The summed E-state index contributed by atoms with van der Waals surface area (Å²) in [5.74, 6) is -3.26. The Morgan fingerprint density at radius 1 is 1.16 bits per heavy atom. The molecular formula is C40H58BrN3O7. The van der Waals surface area contributed by atoms with Crippen molar-refractivity contribution >= 4 is 39.6 Å². The third kappa shape index (κ3) is 8.62. The third-order valence-electron chi connectivity index (χ3n) is 10.4. The molecule has 8 atom stereocenters. The summed E-state index contributed by atoms with van der Waals surface area (Å²) in [6.07, 6.45) is 4.79. The van der Waals surface area contributed by atoms with Crippen LogP contribution in [0, 0.1) is 23.2 Å². The Labute approximate surface area is 312 Å². The molecule has 11 heteroatoms. The number of hydrogen-bond donors (Lipinski definition) is 2. The molecule has 3 saturated heterocycles. The fourth-order valence-corrected chi connectivity index (χ4v) is 9.75. The summed E-state index contributed by atoms with van der Waals surface area (Å²) in [6, 6.07) is 6.82. The first-order chi connectivity index (χ1) is 23.9. The van der Waals surface area contributed by atoms with E-state index in [9.17, 15) is 19.5 Å². The quantitative estimate of drug-likeness (QED) is 0.118. The van der Waals surface area contributed by atoms with Crippen LogP contribution in [0.2, 0.25) is 0 Å². The molecule has 3 fully saturated rings. The van der Waals surface area contributed by atoms with Crippen LogP contribution < -0.4 is 5.32 Å². The maximum Gasteiger partial charge on any atom is 0.306 e. The second-order valence-corrected chi connectivity index (χ2v) is 17.8. The van der Waals surface area contributed by atoms with E-state index >= 15 is 4.79 Å². The number of halogens is 1. The number of aliphatic hydroxyl groups is 1. The number of amides is 3. The summed E-state index contributed by atoms with van der Waals surface area (Å²) >= 11 is 3.78. The first-order valence-electron chi connectivity index (χ1n) is 18.2. The zero-order valence-electron chi connectivity index (χ0n) is 31.4. The van der Waals surface area contributed by atoms with Crippen molar-refractivity contribution in [1.82, 2.24) is 15.1 Å². The van der Waals surface area contributed by atoms with E-state index in [0.717, 1.165) is 5.56 Å². The van der Waals surface area contributed by atoms with Crippen molar-refractivity contribution in [3.8, 4) is 0 Å². The van der Waals surface area contributed by atoms with E-state index in [1.165, 1.54) is 0 Å². The Balaban J connectivity index is 1.77. The molecule has 282 valence electrons. The van der Waals surface area contributed by atoms with Crippen molar-refractivity contribution in [3.05, 3.63) is 61.2 Å². The van der Waals surface area contributed by atoms with Crippen LogP contribution in [0.4, 0.5) is 0 Å². The van der Waals surface area contributed by atoms with Crippen LogP contribution in [0.25, 0.3) is 0 Å². The van der Waals surface area contributed by atoms with Crippen molar-refractivity contribution in [2.75, 3.05) is 19.8 Å². The van der Waals surface area contributed by atoms with Crippen molar-refractivity contribution in [2.45, 2.75) is 121 Å². The van der Waals surface area contributed by atoms with Gasteiger partial charge in [-0.3, -0.25) is 19.2 Å². The van der Waals surface area contributed by atoms with E-state index in [0.29, 0.717) is 25.7 Å². The number of carbonyl (C=O) groups is 4. The highest BCUT2D eigenvalue weighted by Gasteiger charge is 2.77. The van der Waals surface area contributed by atoms with Crippen LogP contribution in [0.5, 0.6) is 0 Å². The van der Waals surface area contributed by atoms with E-state index < -0.39 is 59.1 Å². The first-order valence-corrected chi connectivity index (χ1v) is 19.1. The molecule has 2 bridgehead atoms. The summed E-state index contributed by atoms with van der Waals surface area (Å²) < 4.78 is 12.4. The maximum atomic E-state index is 15.2. The van der Waals surface area contributed by atoms with Crippen LogP contribution >= 0.6 is 15.9 Å². The van der Waals surface area contributed by atoms with Gasteiger partial charge in [-0.05, 0) is 56.4 Å². The molecule has 4 rings (SSSR count). The van der Waals surface area contributed by atoms with E-state index in [1.807, 2.05) is 58.0 Å². The van der Waals surface area contributed by atoms with Gasteiger partial charge < -0.3 is 29.7 Å². The van der Waals surface area contributed by atoms with Gasteiger partial charge in [0, 0.05) is 23.3 Å². The number of nitrogens with one attached hydrogen (secondary N) is 1. The Hall–Kier alpha value is -3.02. The molecule has 3 heterocycles. The first kappa shape index (κ1) is 40.7. The van der Waals surface area contributed by atoms with Gasteiger partial charge in [-0.1, -0.05) is 93.0 Å². The average Bonchev–Trinajstić information content (AvgIpc) is 3.65. The van der Waals surface area contributed by atoms with Gasteiger partial charge in [0.2, 0.25) is 17.7 Å². The summed E-state index contributed by atoms with van der Waals surface area (Å²) in [5, 5.41) is 13.8. The fourth-order valence-electron chi connectivity index (χ4n) is 8.81. The van der Waals surface area contributed by atoms with Crippen LogP contribution in [0.1, 0.15) is 92.2 Å². The van der Waals surface area contributed by atoms with E-state index in [4.69, 9.17) is 9.47 Å². The predicted octanol–water partition coefficient (Wildman–Crippen LogP) is 5.74. The average molecular weight is 773 g/mol. The normalized spacial score (nSPS) is 26.8. The number of esters is 1. The molecule has 2 N–H and O–H groups in total. The van der Waals surface area contributed by atoms with Crippen LogP contribution in [0.3, 0.4) is 0 Å². The Bertz CT molecular complexity index is 1440. The van der Waals surface area contributed by atoms with Gasteiger partial charge in [-0.15, -0.1) is 13.2 Å². The maximum absolute atomic E-state index is 15.2. The molecule has 3 amide bonds.